The van der Waals surface area contributed by atoms with Crippen molar-refractivity contribution >= 4 is 5.91 Å². The van der Waals surface area contributed by atoms with Crippen molar-refractivity contribution in [3.8, 4) is 28.3 Å². The van der Waals surface area contributed by atoms with E-state index in [4.69, 9.17) is 9.26 Å². The first-order chi connectivity index (χ1) is 16.5. The largest absolute Gasteiger partial charge is 0.493 e. The van der Waals surface area contributed by atoms with Gasteiger partial charge in [0.15, 0.2) is 0 Å². The van der Waals surface area contributed by atoms with Crippen LogP contribution in [0.15, 0.2) is 65.2 Å². The minimum Gasteiger partial charge on any atom is -0.493 e. The lowest BCUT2D eigenvalue weighted by atomic mass is 10.0. The maximum Gasteiger partial charge on any atom is 0.227 e. The van der Waals surface area contributed by atoms with Gasteiger partial charge in [0.1, 0.15) is 11.6 Å². The molecule has 0 unspecified atom stereocenters. The Morgan fingerprint density at radius 1 is 1.03 bits per heavy atom. The van der Waals surface area contributed by atoms with E-state index >= 15 is 0 Å². The standard InChI is InChI=1S/C27H24FN3O3/c1-17-2-5-22(15-23(17)28)27-30-26(34-31-27)11-10-25(32)29-16-18-3-6-19(7-4-18)20-8-9-24-21(14-20)12-13-33-24/h2-9,14-15H,10-13,16H2,1H3,(H,29,32). The molecule has 0 aliphatic carbocycles. The summed E-state index contributed by atoms with van der Waals surface area (Å²) in [7, 11) is 0. The molecule has 0 fully saturated rings. The third-order valence-electron chi connectivity index (χ3n) is 5.93. The number of rotatable bonds is 7. The highest BCUT2D eigenvalue weighted by Gasteiger charge is 2.14. The number of nitrogens with one attached hydrogen (secondary N) is 1. The number of carbonyl (C=O) groups is 1. The molecule has 4 aromatic rings. The SMILES string of the molecule is Cc1ccc(-c2noc(CCC(=O)NCc3ccc(-c4ccc5c(c4)CCO5)cc3)n2)cc1F. The number of benzene rings is 3. The lowest BCUT2D eigenvalue weighted by Crippen LogP contribution is -2.23. The molecule has 6 nitrogen and oxygen atoms in total. The molecule has 5 rings (SSSR count). The number of halogens is 1. The van der Waals surface area contributed by atoms with E-state index in [-0.39, 0.29) is 18.1 Å². The maximum atomic E-state index is 13.8. The molecule has 0 spiro atoms. The zero-order valence-corrected chi connectivity index (χ0v) is 18.8. The molecule has 0 radical (unpaired) electrons. The Morgan fingerprint density at radius 3 is 2.65 bits per heavy atom. The van der Waals surface area contributed by atoms with Crippen LogP contribution in [0.4, 0.5) is 4.39 Å². The van der Waals surface area contributed by atoms with Crippen LogP contribution in [-0.2, 0) is 24.2 Å². The molecular formula is C27H24FN3O3. The Labute approximate surface area is 196 Å². The summed E-state index contributed by atoms with van der Waals surface area (Å²) in [6.45, 7) is 2.88. The van der Waals surface area contributed by atoms with E-state index in [9.17, 15) is 9.18 Å². The highest BCUT2D eigenvalue weighted by molar-refractivity contribution is 5.76. The Morgan fingerprint density at radius 2 is 1.82 bits per heavy atom. The minimum absolute atomic E-state index is 0.108. The molecule has 34 heavy (non-hydrogen) atoms. The number of fused-ring (bicyclic) bond motifs is 1. The molecule has 2 heterocycles. The third kappa shape index (κ3) is 4.83. The van der Waals surface area contributed by atoms with Crippen molar-refractivity contribution in [3.05, 3.63) is 89.1 Å². The first-order valence-corrected chi connectivity index (χ1v) is 11.3. The average Bonchev–Trinajstić information content (AvgIpc) is 3.53. The second-order valence-electron chi connectivity index (χ2n) is 8.37. The fourth-order valence-electron chi connectivity index (χ4n) is 3.90. The van der Waals surface area contributed by atoms with E-state index in [0.717, 1.165) is 35.5 Å². The lowest BCUT2D eigenvalue weighted by molar-refractivity contribution is -0.121. The molecule has 0 bridgehead atoms. The van der Waals surface area contributed by atoms with Gasteiger partial charge < -0.3 is 14.6 Å². The molecule has 7 heteroatoms. The fourth-order valence-corrected chi connectivity index (χ4v) is 3.90. The first-order valence-electron chi connectivity index (χ1n) is 11.3. The zero-order valence-electron chi connectivity index (χ0n) is 18.8. The summed E-state index contributed by atoms with van der Waals surface area (Å²) in [5.74, 6) is 1.20. The normalized spacial score (nSPS) is 12.3. The van der Waals surface area contributed by atoms with Crippen LogP contribution in [-0.4, -0.2) is 22.7 Å². The highest BCUT2D eigenvalue weighted by atomic mass is 19.1. The van der Waals surface area contributed by atoms with Crippen LogP contribution in [0.5, 0.6) is 5.75 Å². The topological polar surface area (TPSA) is 77.2 Å². The number of nitrogens with zero attached hydrogens (tertiary/aromatic N) is 2. The smallest absolute Gasteiger partial charge is 0.227 e. The number of hydrogen-bond donors (Lipinski definition) is 1. The molecule has 1 aliphatic rings. The van der Waals surface area contributed by atoms with Gasteiger partial charge in [-0.1, -0.05) is 47.6 Å². The summed E-state index contributed by atoms with van der Waals surface area (Å²) in [6.07, 6.45) is 1.48. The molecule has 1 N–H and O–H groups in total. The zero-order chi connectivity index (χ0) is 23.5. The predicted molar refractivity (Wildman–Crippen MR) is 126 cm³/mol. The summed E-state index contributed by atoms with van der Waals surface area (Å²) >= 11 is 0. The average molecular weight is 458 g/mol. The number of aromatic nitrogens is 2. The van der Waals surface area contributed by atoms with Crippen LogP contribution in [0.25, 0.3) is 22.5 Å². The van der Waals surface area contributed by atoms with Crippen LogP contribution < -0.4 is 10.1 Å². The van der Waals surface area contributed by atoms with Crippen LogP contribution in [0.3, 0.4) is 0 Å². The van der Waals surface area contributed by atoms with Crippen molar-refractivity contribution in [2.24, 2.45) is 0 Å². The van der Waals surface area contributed by atoms with E-state index in [1.54, 1.807) is 19.1 Å². The van der Waals surface area contributed by atoms with Crippen LogP contribution in [0.2, 0.25) is 0 Å². The van der Waals surface area contributed by atoms with Gasteiger partial charge in [-0.2, -0.15) is 4.98 Å². The van der Waals surface area contributed by atoms with Crippen LogP contribution in [0, 0.1) is 12.7 Å². The van der Waals surface area contributed by atoms with E-state index in [0.29, 0.717) is 35.8 Å². The summed E-state index contributed by atoms with van der Waals surface area (Å²) in [5.41, 5.74) is 5.64. The minimum atomic E-state index is -0.321. The maximum absolute atomic E-state index is 13.8. The van der Waals surface area contributed by atoms with Gasteiger partial charge >= 0.3 is 0 Å². The molecule has 0 saturated heterocycles. The number of aryl methyl sites for hydroxylation is 2. The number of ether oxygens (including phenoxy) is 1. The number of carbonyl (C=O) groups excluding carboxylic acids is 1. The van der Waals surface area contributed by atoms with Crippen LogP contribution >= 0.6 is 0 Å². The van der Waals surface area contributed by atoms with Crippen molar-refractivity contribution in [2.75, 3.05) is 6.61 Å². The van der Waals surface area contributed by atoms with Crippen molar-refractivity contribution < 1.29 is 18.4 Å². The Balaban J connectivity index is 1.12. The summed E-state index contributed by atoms with van der Waals surface area (Å²) in [6, 6.07) is 19.2. The summed E-state index contributed by atoms with van der Waals surface area (Å²) in [4.78, 5) is 16.6. The molecule has 3 aromatic carbocycles. The van der Waals surface area contributed by atoms with E-state index in [1.165, 1.54) is 11.6 Å². The second kappa shape index (κ2) is 9.47. The van der Waals surface area contributed by atoms with Gasteiger partial charge in [0.2, 0.25) is 17.6 Å². The van der Waals surface area contributed by atoms with Gasteiger partial charge in [-0.25, -0.2) is 4.39 Å². The molecule has 172 valence electrons. The molecule has 0 atom stereocenters. The van der Waals surface area contributed by atoms with Gasteiger partial charge in [-0.15, -0.1) is 0 Å². The van der Waals surface area contributed by atoms with E-state index < -0.39 is 0 Å². The van der Waals surface area contributed by atoms with Gasteiger partial charge in [0.05, 0.1) is 6.61 Å². The van der Waals surface area contributed by atoms with Crippen molar-refractivity contribution in [1.29, 1.82) is 0 Å². The Bertz CT molecular complexity index is 1330. The number of amides is 1. The van der Waals surface area contributed by atoms with Gasteiger partial charge in [-0.05, 0) is 52.9 Å². The number of hydrogen-bond acceptors (Lipinski definition) is 5. The summed E-state index contributed by atoms with van der Waals surface area (Å²) < 4.78 is 24.5. The predicted octanol–water partition coefficient (Wildman–Crippen LogP) is 5.04. The third-order valence-corrected chi connectivity index (χ3v) is 5.93. The molecule has 1 amide bonds. The molecular weight excluding hydrogens is 433 g/mol. The molecule has 1 aliphatic heterocycles. The van der Waals surface area contributed by atoms with E-state index in [2.05, 4.69) is 39.7 Å². The van der Waals surface area contributed by atoms with Gasteiger partial charge in [-0.3, -0.25) is 4.79 Å². The first kappa shape index (κ1) is 21.8. The van der Waals surface area contributed by atoms with E-state index in [1.807, 2.05) is 18.2 Å². The molecule has 1 aromatic heterocycles. The van der Waals surface area contributed by atoms with Crippen LogP contribution in [0.1, 0.15) is 29.0 Å². The van der Waals surface area contributed by atoms with Gasteiger partial charge in [0, 0.05) is 31.4 Å². The Hall–Kier alpha value is -4.00. The van der Waals surface area contributed by atoms with Crippen molar-refractivity contribution in [2.45, 2.75) is 32.7 Å². The van der Waals surface area contributed by atoms with Gasteiger partial charge in [0.25, 0.3) is 0 Å². The molecule has 0 saturated carbocycles. The van der Waals surface area contributed by atoms with Crippen molar-refractivity contribution in [3.63, 3.8) is 0 Å². The monoisotopic (exact) mass is 457 g/mol. The quantitative estimate of drug-likeness (QED) is 0.421. The lowest BCUT2D eigenvalue weighted by Gasteiger charge is -2.07. The van der Waals surface area contributed by atoms with Crippen molar-refractivity contribution in [1.82, 2.24) is 15.5 Å². The Kier molecular flexibility index (Phi) is 6.08. The fraction of sp³-hybridized carbons (Fsp3) is 0.222. The second-order valence-corrected chi connectivity index (χ2v) is 8.37. The highest BCUT2D eigenvalue weighted by Crippen LogP contribution is 2.30. The summed E-state index contributed by atoms with van der Waals surface area (Å²) in [5, 5.41) is 6.81.